The quantitative estimate of drug-likeness (QED) is 0.417. The fourth-order valence-electron chi connectivity index (χ4n) is 3.16. The normalized spacial score (nSPS) is 10.9. The van der Waals surface area contributed by atoms with Crippen molar-refractivity contribution in [3.8, 4) is 5.75 Å². The fourth-order valence-corrected chi connectivity index (χ4v) is 3.57. The summed E-state index contributed by atoms with van der Waals surface area (Å²) in [6.45, 7) is 3.29. The minimum atomic E-state index is -0.458. The minimum Gasteiger partial charge on any atom is -0.462 e. The number of hydrogen-bond acceptors (Lipinski definition) is 4. The number of aryl methyl sites for hydroxylation is 1. The van der Waals surface area contributed by atoms with Crippen molar-refractivity contribution in [2.45, 2.75) is 20.3 Å². The van der Waals surface area contributed by atoms with E-state index >= 15 is 0 Å². The molecule has 0 bridgehead atoms. The molecule has 146 valence electrons. The van der Waals surface area contributed by atoms with Crippen molar-refractivity contribution in [2.75, 3.05) is 6.61 Å². The maximum Gasteiger partial charge on any atom is 0.340 e. The number of nitrogens with zero attached hydrogens (tertiary/aromatic N) is 1. The molecular formula is C21H19BrFNO4. The van der Waals surface area contributed by atoms with Crippen LogP contribution in [0.2, 0.25) is 0 Å². The van der Waals surface area contributed by atoms with E-state index in [0.29, 0.717) is 27.6 Å². The highest BCUT2D eigenvalue weighted by Crippen LogP contribution is 2.36. The van der Waals surface area contributed by atoms with Gasteiger partial charge in [-0.15, -0.1) is 0 Å². The Bertz CT molecular complexity index is 1060. The Morgan fingerprint density at radius 1 is 1.18 bits per heavy atom. The minimum absolute atomic E-state index is 0.235. The summed E-state index contributed by atoms with van der Waals surface area (Å²) in [4.78, 5) is 24.1. The number of carbonyl (C=O) groups is 2. The third-order valence-corrected chi connectivity index (χ3v) is 5.01. The summed E-state index contributed by atoms with van der Waals surface area (Å²) in [6.07, 6.45) is 0.417. The van der Waals surface area contributed by atoms with Crippen LogP contribution in [0.15, 0.2) is 40.9 Å². The maximum atomic E-state index is 13.2. The first-order valence-corrected chi connectivity index (χ1v) is 9.51. The van der Waals surface area contributed by atoms with E-state index < -0.39 is 11.9 Å². The van der Waals surface area contributed by atoms with Crippen LogP contribution in [0.1, 0.15) is 35.5 Å². The largest absolute Gasteiger partial charge is 0.462 e. The van der Waals surface area contributed by atoms with Gasteiger partial charge in [0.25, 0.3) is 0 Å². The average molecular weight is 448 g/mol. The second-order valence-electron chi connectivity index (χ2n) is 6.30. The van der Waals surface area contributed by atoms with Crippen LogP contribution in [0.4, 0.5) is 4.39 Å². The molecule has 0 atom stereocenters. The van der Waals surface area contributed by atoms with E-state index in [1.807, 2.05) is 11.6 Å². The van der Waals surface area contributed by atoms with E-state index in [1.54, 1.807) is 31.2 Å². The summed E-state index contributed by atoms with van der Waals surface area (Å²) in [5.74, 6) is -0.910. The monoisotopic (exact) mass is 447 g/mol. The van der Waals surface area contributed by atoms with E-state index in [9.17, 15) is 14.0 Å². The molecule has 2 aromatic carbocycles. The average Bonchev–Trinajstić information content (AvgIpc) is 2.89. The fraction of sp³-hybridized carbons (Fsp3) is 0.238. The first-order chi connectivity index (χ1) is 13.3. The number of ether oxygens (including phenoxy) is 2. The number of hydrogen-bond donors (Lipinski definition) is 0. The third-order valence-electron chi connectivity index (χ3n) is 4.39. The Kier molecular flexibility index (Phi) is 5.84. The molecule has 3 aromatic rings. The zero-order valence-corrected chi connectivity index (χ0v) is 17.3. The van der Waals surface area contributed by atoms with Crippen LogP contribution < -0.4 is 4.74 Å². The van der Waals surface area contributed by atoms with Gasteiger partial charge in [0.2, 0.25) is 0 Å². The Morgan fingerprint density at radius 3 is 2.46 bits per heavy atom. The lowest BCUT2D eigenvalue weighted by molar-refractivity contribution is -0.131. The zero-order chi connectivity index (χ0) is 20.4. The van der Waals surface area contributed by atoms with Gasteiger partial charge in [0.1, 0.15) is 11.6 Å². The van der Waals surface area contributed by atoms with Crippen LogP contribution in [0.25, 0.3) is 10.9 Å². The van der Waals surface area contributed by atoms with Crippen LogP contribution in [0.3, 0.4) is 0 Å². The molecule has 0 unspecified atom stereocenters. The van der Waals surface area contributed by atoms with E-state index in [1.165, 1.54) is 19.1 Å². The lowest BCUT2D eigenvalue weighted by Crippen LogP contribution is -2.09. The summed E-state index contributed by atoms with van der Waals surface area (Å²) in [5.41, 5.74) is 2.77. The van der Waals surface area contributed by atoms with Gasteiger partial charge in [0, 0.05) is 31.5 Å². The van der Waals surface area contributed by atoms with Gasteiger partial charge in [-0.2, -0.15) is 0 Å². The molecular weight excluding hydrogens is 429 g/mol. The number of esters is 2. The van der Waals surface area contributed by atoms with Crippen LogP contribution in [-0.2, 0) is 23.0 Å². The van der Waals surface area contributed by atoms with Gasteiger partial charge in [0.15, 0.2) is 0 Å². The number of benzene rings is 2. The van der Waals surface area contributed by atoms with Crippen molar-refractivity contribution in [1.29, 1.82) is 0 Å². The van der Waals surface area contributed by atoms with Crippen LogP contribution in [0, 0.1) is 5.82 Å². The number of fused-ring (bicyclic) bond motifs is 1. The Morgan fingerprint density at radius 2 is 1.86 bits per heavy atom. The lowest BCUT2D eigenvalue weighted by Gasteiger charge is -2.08. The van der Waals surface area contributed by atoms with Crippen LogP contribution in [-0.4, -0.2) is 23.1 Å². The van der Waals surface area contributed by atoms with Crippen molar-refractivity contribution < 1.29 is 23.5 Å². The molecule has 0 aliphatic heterocycles. The molecule has 5 nitrogen and oxygen atoms in total. The Hall–Kier alpha value is -2.67. The van der Waals surface area contributed by atoms with E-state index in [0.717, 1.165) is 16.8 Å². The van der Waals surface area contributed by atoms with Gasteiger partial charge >= 0.3 is 11.9 Å². The second kappa shape index (κ2) is 8.14. The SMILES string of the molecule is CCOC(=O)c1c(Cc2ccc(F)cc2)n(C)c2cc(Br)c(OC(C)=O)cc12. The number of halogens is 2. The summed E-state index contributed by atoms with van der Waals surface area (Å²) < 4.78 is 26.2. The Labute approximate surface area is 170 Å². The molecule has 0 saturated carbocycles. The Balaban J connectivity index is 2.21. The molecule has 7 heteroatoms. The molecule has 0 N–H and O–H groups in total. The van der Waals surface area contributed by atoms with Gasteiger partial charge in [0.05, 0.1) is 22.2 Å². The van der Waals surface area contributed by atoms with Gasteiger partial charge in [-0.1, -0.05) is 12.1 Å². The summed E-state index contributed by atoms with van der Waals surface area (Å²) in [6, 6.07) is 9.59. The predicted molar refractivity (Wildman–Crippen MR) is 107 cm³/mol. The van der Waals surface area contributed by atoms with Gasteiger partial charge in [-0.25, -0.2) is 9.18 Å². The molecule has 0 aliphatic carbocycles. The molecule has 0 radical (unpaired) electrons. The highest BCUT2D eigenvalue weighted by atomic mass is 79.9. The molecule has 0 spiro atoms. The predicted octanol–water partition coefficient (Wildman–Crippen LogP) is 4.77. The van der Waals surface area contributed by atoms with Crippen molar-refractivity contribution in [1.82, 2.24) is 4.57 Å². The third kappa shape index (κ3) is 3.94. The van der Waals surface area contributed by atoms with Crippen molar-refractivity contribution in [2.24, 2.45) is 7.05 Å². The zero-order valence-electron chi connectivity index (χ0n) is 15.7. The molecule has 3 rings (SSSR count). The van der Waals surface area contributed by atoms with Crippen LogP contribution in [0.5, 0.6) is 5.75 Å². The topological polar surface area (TPSA) is 57.5 Å². The van der Waals surface area contributed by atoms with Crippen molar-refractivity contribution in [3.05, 3.63) is 63.5 Å². The van der Waals surface area contributed by atoms with E-state index in [-0.39, 0.29) is 12.4 Å². The summed E-state index contributed by atoms with van der Waals surface area (Å²) in [7, 11) is 1.85. The van der Waals surface area contributed by atoms with E-state index in [2.05, 4.69) is 15.9 Å². The van der Waals surface area contributed by atoms with Gasteiger partial charge < -0.3 is 14.0 Å². The number of aromatic nitrogens is 1. The highest BCUT2D eigenvalue weighted by molar-refractivity contribution is 9.10. The number of carbonyl (C=O) groups excluding carboxylic acids is 2. The molecule has 0 aliphatic rings. The van der Waals surface area contributed by atoms with Crippen molar-refractivity contribution in [3.63, 3.8) is 0 Å². The maximum absolute atomic E-state index is 13.2. The van der Waals surface area contributed by atoms with Gasteiger partial charge in [-0.05, 0) is 52.7 Å². The molecule has 1 aromatic heterocycles. The molecule has 1 heterocycles. The lowest BCUT2D eigenvalue weighted by atomic mass is 10.0. The number of rotatable bonds is 5. The summed E-state index contributed by atoms with van der Waals surface area (Å²) in [5, 5.41) is 0.623. The molecule has 28 heavy (non-hydrogen) atoms. The molecule has 0 saturated heterocycles. The second-order valence-corrected chi connectivity index (χ2v) is 7.15. The molecule has 0 amide bonds. The molecule has 0 fully saturated rings. The van der Waals surface area contributed by atoms with Crippen molar-refractivity contribution >= 4 is 38.8 Å². The van der Waals surface area contributed by atoms with Crippen LogP contribution >= 0.6 is 15.9 Å². The highest BCUT2D eigenvalue weighted by Gasteiger charge is 2.24. The van der Waals surface area contributed by atoms with E-state index in [4.69, 9.17) is 9.47 Å². The first kappa shape index (κ1) is 20.1. The standard InChI is InChI=1S/C21H19BrFNO4/c1-4-27-21(26)20-15-10-19(28-12(2)25)16(22)11-17(15)24(3)18(20)9-13-5-7-14(23)8-6-13/h5-8,10-11H,4,9H2,1-3H3. The summed E-state index contributed by atoms with van der Waals surface area (Å²) >= 11 is 3.41. The smallest absolute Gasteiger partial charge is 0.340 e. The first-order valence-electron chi connectivity index (χ1n) is 8.72. The van der Waals surface area contributed by atoms with Gasteiger partial charge in [-0.3, -0.25) is 4.79 Å².